The largest absolute Gasteiger partial charge is 0.494 e. The summed E-state index contributed by atoms with van der Waals surface area (Å²) in [5, 5.41) is 0.288. The van der Waals surface area contributed by atoms with Gasteiger partial charge in [-0.3, -0.25) is 20.4 Å². The number of methoxy groups -OCH3 is 1. The van der Waals surface area contributed by atoms with Crippen molar-refractivity contribution in [2.45, 2.75) is 0 Å². The van der Waals surface area contributed by atoms with Gasteiger partial charge in [0.05, 0.1) is 22.7 Å². The van der Waals surface area contributed by atoms with Crippen LogP contribution in [0.25, 0.3) is 0 Å². The van der Waals surface area contributed by atoms with E-state index in [0.717, 1.165) is 6.07 Å². The zero-order valence-corrected chi connectivity index (χ0v) is 13.3. The van der Waals surface area contributed by atoms with E-state index in [1.54, 1.807) is 0 Å². The van der Waals surface area contributed by atoms with Crippen LogP contribution in [0.1, 0.15) is 20.7 Å². The lowest BCUT2D eigenvalue weighted by molar-refractivity contribution is 0.0844. The van der Waals surface area contributed by atoms with E-state index in [4.69, 9.17) is 27.9 Å². The summed E-state index contributed by atoms with van der Waals surface area (Å²) in [6.07, 6.45) is 0. The molecule has 23 heavy (non-hydrogen) atoms. The van der Waals surface area contributed by atoms with Crippen LogP contribution >= 0.6 is 23.2 Å². The Bertz CT molecular complexity index is 745. The lowest BCUT2D eigenvalue weighted by Crippen LogP contribution is -2.41. The van der Waals surface area contributed by atoms with Crippen LogP contribution in [-0.4, -0.2) is 18.9 Å². The number of carbonyl (C=O) groups excluding carboxylic acids is 2. The molecule has 0 heterocycles. The molecule has 0 atom stereocenters. The lowest BCUT2D eigenvalue weighted by atomic mass is 10.2. The Morgan fingerprint density at radius 2 is 1.61 bits per heavy atom. The summed E-state index contributed by atoms with van der Waals surface area (Å²) in [6, 6.07) is 8.04. The number of carbonyl (C=O) groups is 2. The van der Waals surface area contributed by atoms with Crippen molar-refractivity contribution in [3.05, 3.63) is 63.4 Å². The minimum Gasteiger partial charge on any atom is -0.494 e. The topological polar surface area (TPSA) is 67.4 Å². The van der Waals surface area contributed by atoms with Crippen molar-refractivity contribution in [1.82, 2.24) is 10.9 Å². The van der Waals surface area contributed by atoms with Crippen LogP contribution in [0, 0.1) is 5.82 Å². The van der Waals surface area contributed by atoms with Gasteiger partial charge in [-0.1, -0.05) is 35.3 Å². The minimum absolute atomic E-state index is 0.106. The summed E-state index contributed by atoms with van der Waals surface area (Å²) >= 11 is 11.9. The van der Waals surface area contributed by atoms with E-state index in [9.17, 15) is 14.0 Å². The second kappa shape index (κ2) is 7.30. The summed E-state index contributed by atoms with van der Waals surface area (Å²) in [6.45, 7) is 0. The van der Waals surface area contributed by atoms with Crippen molar-refractivity contribution in [2.75, 3.05) is 7.11 Å². The molecule has 0 spiro atoms. The van der Waals surface area contributed by atoms with Gasteiger partial charge in [-0.2, -0.15) is 0 Å². The van der Waals surface area contributed by atoms with Crippen molar-refractivity contribution in [2.24, 2.45) is 0 Å². The molecule has 2 amide bonds. The number of nitrogens with one attached hydrogen (secondary N) is 2. The Morgan fingerprint density at radius 1 is 1.04 bits per heavy atom. The van der Waals surface area contributed by atoms with Gasteiger partial charge in [-0.05, 0) is 24.3 Å². The molecule has 0 fully saturated rings. The number of rotatable bonds is 3. The monoisotopic (exact) mass is 356 g/mol. The molecule has 0 radical (unpaired) electrons. The highest BCUT2D eigenvalue weighted by molar-refractivity contribution is 6.37. The first-order valence-electron chi connectivity index (χ1n) is 6.32. The Hall–Kier alpha value is -2.31. The van der Waals surface area contributed by atoms with E-state index in [2.05, 4.69) is 10.9 Å². The van der Waals surface area contributed by atoms with Gasteiger partial charge in [0.25, 0.3) is 11.8 Å². The molecule has 120 valence electrons. The second-order valence-corrected chi connectivity index (χ2v) is 5.18. The second-order valence-electron chi connectivity index (χ2n) is 4.36. The molecule has 0 aromatic heterocycles. The van der Waals surface area contributed by atoms with Gasteiger partial charge >= 0.3 is 0 Å². The number of benzene rings is 2. The molecule has 0 saturated heterocycles. The Labute approximate surface area is 141 Å². The minimum atomic E-state index is -0.790. The number of hydrazine groups is 1. The zero-order valence-electron chi connectivity index (χ0n) is 11.8. The average molecular weight is 357 g/mol. The van der Waals surface area contributed by atoms with Crippen molar-refractivity contribution in [3.8, 4) is 5.75 Å². The normalized spacial score (nSPS) is 10.1. The van der Waals surface area contributed by atoms with Gasteiger partial charge in [0.1, 0.15) is 5.82 Å². The van der Waals surface area contributed by atoms with Gasteiger partial charge in [-0.15, -0.1) is 0 Å². The number of hydrogen-bond donors (Lipinski definition) is 2. The van der Waals surface area contributed by atoms with Crippen molar-refractivity contribution >= 4 is 35.0 Å². The van der Waals surface area contributed by atoms with E-state index < -0.39 is 17.6 Å². The van der Waals surface area contributed by atoms with Crippen LogP contribution in [0.3, 0.4) is 0 Å². The number of halogens is 3. The maximum atomic E-state index is 13.5. The predicted molar refractivity (Wildman–Crippen MR) is 84.3 cm³/mol. The highest BCUT2D eigenvalue weighted by Gasteiger charge is 2.15. The molecular weight excluding hydrogens is 346 g/mol. The summed E-state index contributed by atoms with van der Waals surface area (Å²) in [5.41, 5.74) is 4.17. The molecule has 0 aliphatic rings. The quantitative estimate of drug-likeness (QED) is 0.829. The smallest absolute Gasteiger partial charge is 0.272 e. The molecular formula is C15H11Cl2FN2O3. The Balaban J connectivity index is 2.08. The van der Waals surface area contributed by atoms with Crippen LogP contribution in [0.15, 0.2) is 36.4 Å². The molecule has 5 nitrogen and oxygen atoms in total. The highest BCUT2D eigenvalue weighted by Crippen LogP contribution is 2.33. The molecule has 2 aromatic rings. The van der Waals surface area contributed by atoms with Gasteiger partial charge < -0.3 is 4.74 Å². The Morgan fingerprint density at radius 3 is 2.17 bits per heavy atom. The summed E-state index contributed by atoms with van der Waals surface area (Å²) in [4.78, 5) is 23.8. The van der Waals surface area contributed by atoms with E-state index in [1.165, 1.54) is 37.4 Å². The molecule has 2 N–H and O–H groups in total. The van der Waals surface area contributed by atoms with Gasteiger partial charge in [0, 0.05) is 5.56 Å². The van der Waals surface area contributed by atoms with E-state index in [-0.39, 0.29) is 26.9 Å². The summed E-state index contributed by atoms with van der Waals surface area (Å²) in [5.74, 6) is -1.92. The summed E-state index contributed by atoms with van der Waals surface area (Å²) < 4.78 is 18.4. The first-order chi connectivity index (χ1) is 10.9. The molecule has 0 saturated carbocycles. The number of ether oxygens (including phenoxy) is 1. The van der Waals surface area contributed by atoms with Crippen LogP contribution in [-0.2, 0) is 0 Å². The maximum absolute atomic E-state index is 13.5. The first kappa shape index (κ1) is 17.1. The lowest BCUT2D eigenvalue weighted by Gasteiger charge is -2.10. The standard InChI is InChI=1S/C15H11Cl2FN2O3/c1-23-13-10(16)6-8(7-11(13)17)14(21)19-20-15(22)9-4-2-3-5-12(9)18/h2-7H,1H3,(H,19,21)(H,20,22). The molecule has 2 rings (SSSR count). The molecule has 0 unspecified atom stereocenters. The van der Waals surface area contributed by atoms with Crippen LogP contribution in [0.5, 0.6) is 5.75 Å². The maximum Gasteiger partial charge on any atom is 0.272 e. The van der Waals surface area contributed by atoms with E-state index >= 15 is 0 Å². The van der Waals surface area contributed by atoms with Crippen molar-refractivity contribution in [1.29, 1.82) is 0 Å². The first-order valence-corrected chi connectivity index (χ1v) is 7.08. The molecule has 0 aliphatic carbocycles. The van der Waals surface area contributed by atoms with Crippen molar-refractivity contribution < 1.29 is 18.7 Å². The third kappa shape index (κ3) is 3.91. The molecule has 8 heteroatoms. The predicted octanol–water partition coefficient (Wildman–Crippen LogP) is 3.22. The highest BCUT2D eigenvalue weighted by atomic mass is 35.5. The fourth-order valence-corrected chi connectivity index (χ4v) is 2.43. The zero-order chi connectivity index (χ0) is 17.0. The number of hydrogen-bond acceptors (Lipinski definition) is 3. The third-order valence-corrected chi connectivity index (χ3v) is 3.43. The third-order valence-electron chi connectivity index (χ3n) is 2.87. The van der Waals surface area contributed by atoms with Gasteiger partial charge in [0.2, 0.25) is 0 Å². The van der Waals surface area contributed by atoms with E-state index in [1.807, 2.05) is 0 Å². The molecule has 2 aromatic carbocycles. The SMILES string of the molecule is COc1c(Cl)cc(C(=O)NNC(=O)c2ccccc2F)cc1Cl. The molecule has 0 bridgehead atoms. The molecule has 0 aliphatic heterocycles. The van der Waals surface area contributed by atoms with Gasteiger partial charge in [-0.25, -0.2) is 4.39 Å². The van der Waals surface area contributed by atoms with E-state index in [0.29, 0.717) is 0 Å². The van der Waals surface area contributed by atoms with Crippen LogP contribution in [0.2, 0.25) is 10.0 Å². The fraction of sp³-hybridized carbons (Fsp3) is 0.0667. The Kier molecular flexibility index (Phi) is 5.41. The number of amides is 2. The summed E-state index contributed by atoms with van der Waals surface area (Å²) in [7, 11) is 1.39. The average Bonchev–Trinajstić information content (AvgIpc) is 2.52. The van der Waals surface area contributed by atoms with Gasteiger partial charge in [0.15, 0.2) is 5.75 Å². The van der Waals surface area contributed by atoms with Crippen molar-refractivity contribution in [3.63, 3.8) is 0 Å². The van der Waals surface area contributed by atoms with Crippen LogP contribution < -0.4 is 15.6 Å². The van der Waals surface area contributed by atoms with Crippen LogP contribution in [0.4, 0.5) is 4.39 Å². The fourth-order valence-electron chi connectivity index (χ4n) is 1.78.